The summed E-state index contributed by atoms with van der Waals surface area (Å²) >= 11 is 1.40. The molecular formula is C28H30N4O5S2. The van der Waals surface area contributed by atoms with Crippen LogP contribution in [0.15, 0.2) is 71.6 Å². The number of fused-ring (bicyclic) bond motifs is 2. The van der Waals surface area contributed by atoms with E-state index in [1.54, 1.807) is 48.2 Å². The van der Waals surface area contributed by atoms with Gasteiger partial charge in [0.15, 0.2) is 16.6 Å². The van der Waals surface area contributed by atoms with Gasteiger partial charge in [0.25, 0.3) is 15.9 Å². The van der Waals surface area contributed by atoms with Gasteiger partial charge in [0, 0.05) is 37.3 Å². The quantitative estimate of drug-likeness (QED) is 0.295. The Morgan fingerprint density at radius 1 is 0.949 bits per heavy atom. The molecule has 1 aliphatic rings. The van der Waals surface area contributed by atoms with Gasteiger partial charge in [0.1, 0.15) is 13.2 Å². The van der Waals surface area contributed by atoms with Crippen LogP contribution in [0.25, 0.3) is 10.2 Å². The maximum atomic E-state index is 13.7. The van der Waals surface area contributed by atoms with E-state index >= 15 is 0 Å². The summed E-state index contributed by atoms with van der Waals surface area (Å²) in [6.45, 7) is 4.08. The number of likely N-dealkylation sites (N-methyl/N-ethyl adjacent to an activating group) is 1. The zero-order chi connectivity index (χ0) is 27.6. The molecule has 0 bridgehead atoms. The standard InChI is InChI=1S/C28H30N4O5S2/c1-4-32(21-8-6-5-7-9-21)39(34,35)22-12-10-20(11-13-22)27(33)31(15-14-30(2)3)28-29-23-18-24-25(19-26(23)38-28)37-17-16-36-24/h5-13,18-19H,4,14-17H2,1-3H3. The van der Waals surface area contributed by atoms with E-state index in [0.717, 1.165) is 10.2 Å². The smallest absolute Gasteiger partial charge is 0.264 e. The van der Waals surface area contributed by atoms with E-state index in [0.29, 0.717) is 54.2 Å². The predicted octanol–water partition coefficient (Wildman–Crippen LogP) is 4.49. The number of thiazole rings is 1. The molecule has 0 radical (unpaired) electrons. The molecule has 0 aliphatic carbocycles. The van der Waals surface area contributed by atoms with Crippen LogP contribution in [-0.2, 0) is 10.0 Å². The van der Waals surface area contributed by atoms with E-state index in [2.05, 4.69) is 0 Å². The van der Waals surface area contributed by atoms with Crippen LogP contribution in [0.2, 0.25) is 0 Å². The number of aromatic nitrogens is 1. The van der Waals surface area contributed by atoms with Gasteiger partial charge in [-0.15, -0.1) is 0 Å². The van der Waals surface area contributed by atoms with Gasteiger partial charge in [-0.3, -0.25) is 14.0 Å². The van der Waals surface area contributed by atoms with E-state index in [1.807, 2.05) is 37.2 Å². The first-order valence-corrected chi connectivity index (χ1v) is 14.9. The minimum Gasteiger partial charge on any atom is -0.486 e. The molecule has 0 saturated heterocycles. The Labute approximate surface area is 232 Å². The molecular weight excluding hydrogens is 536 g/mol. The third-order valence-electron chi connectivity index (χ3n) is 6.31. The number of hydrogen-bond acceptors (Lipinski definition) is 8. The van der Waals surface area contributed by atoms with Crippen molar-refractivity contribution in [3.63, 3.8) is 0 Å². The summed E-state index contributed by atoms with van der Waals surface area (Å²) in [5.74, 6) is 1.06. The lowest BCUT2D eigenvalue weighted by Gasteiger charge is -2.24. The lowest BCUT2D eigenvalue weighted by Crippen LogP contribution is -2.36. The normalized spacial score (nSPS) is 13.0. The first-order valence-electron chi connectivity index (χ1n) is 12.6. The van der Waals surface area contributed by atoms with Crippen LogP contribution in [0.5, 0.6) is 11.5 Å². The van der Waals surface area contributed by atoms with E-state index in [4.69, 9.17) is 14.5 Å². The van der Waals surface area contributed by atoms with Gasteiger partial charge in [-0.2, -0.15) is 0 Å². The summed E-state index contributed by atoms with van der Waals surface area (Å²) in [6, 6.07) is 18.8. The minimum absolute atomic E-state index is 0.121. The van der Waals surface area contributed by atoms with Gasteiger partial charge < -0.3 is 14.4 Å². The number of benzene rings is 3. The number of para-hydroxylation sites is 1. The van der Waals surface area contributed by atoms with E-state index in [9.17, 15) is 13.2 Å². The number of rotatable bonds is 9. The largest absolute Gasteiger partial charge is 0.486 e. The molecule has 2 heterocycles. The molecule has 0 spiro atoms. The summed E-state index contributed by atoms with van der Waals surface area (Å²) in [5.41, 5.74) is 1.69. The van der Waals surface area contributed by atoms with Gasteiger partial charge in [-0.25, -0.2) is 13.4 Å². The molecule has 4 aromatic rings. The number of anilines is 2. The number of hydrogen-bond donors (Lipinski definition) is 0. The third kappa shape index (κ3) is 5.56. The molecule has 1 amide bonds. The van der Waals surface area contributed by atoms with Crippen molar-refractivity contribution in [2.75, 3.05) is 56.1 Å². The molecule has 39 heavy (non-hydrogen) atoms. The zero-order valence-electron chi connectivity index (χ0n) is 22.0. The van der Waals surface area contributed by atoms with Crippen LogP contribution in [0.3, 0.4) is 0 Å². The maximum absolute atomic E-state index is 13.7. The van der Waals surface area contributed by atoms with Crippen molar-refractivity contribution >= 4 is 48.3 Å². The van der Waals surface area contributed by atoms with Crippen LogP contribution in [0.1, 0.15) is 17.3 Å². The Kier molecular flexibility index (Phi) is 7.74. The molecule has 0 unspecified atom stereocenters. The number of carbonyl (C=O) groups excluding carboxylic acids is 1. The first-order chi connectivity index (χ1) is 18.8. The van der Waals surface area contributed by atoms with Crippen molar-refractivity contribution in [3.8, 4) is 11.5 Å². The molecule has 0 atom stereocenters. The number of nitrogens with zero attached hydrogens (tertiary/aromatic N) is 4. The summed E-state index contributed by atoms with van der Waals surface area (Å²) in [6.07, 6.45) is 0. The average molecular weight is 567 g/mol. The second kappa shape index (κ2) is 11.2. The molecule has 0 fully saturated rings. The van der Waals surface area contributed by atoms with Crippen LogP contribution < -0.4 is 18.7 Å². The highest BCUT2D eigenvalue weighted by Crippen LogP contribution is 2.39. The second-order valence-corrected chi connectivity index (χ2v) is 12.1. The number of amides is 1. The first kappa shape index (κ1) is 26.9. The Balaban J connectivity index is 1.44. The Bertz CT molecular complexity index is 1530. The Morgan fingerprint density at radius 3 is 2.26 bits per heavy atom. The summed E-state index contributed by atoms with van der Waals surface area (Å²) in [5, 5.41) is 0.553. The third-order valence-corrected chi connectivity index (χ3v) is 9.27. The lowest BCUT2D eigenvalue weighted by atomic mass is 10.2. The van der Waals surface area contributed by atoms with Crippen LogP contribution in [0.4, 0.5) is 10.8 Å². The van der Waals surface area contributed by atoms with Crippen molar-refractivity contribution in [1.82, 2.24) is 9.88 Å². The van der Waals surface area contributed by atoms with Gasteiger partial charge in [0.2, 0.25) is 0 Å². The van der Waals surface area contributed by atoms with Crippen molar-refractivity contribution in [1.29, 1.82) is 0 Å². The fourth-order valence-corrected chi connectivity index (χ4v) is 6.76. The molecule has 1 aliphatic heterocycles. The van der Waals surface area contributed by atoms with E-state index < -0.39 is 10.0 Å². The van der Waals surface area contributed by atoms with Gasteiger partial charge in [-0.05, 0) is 57.4 Å². The predicted molar refractivity (Wildman–Crippen MR) is 154 cm³/mol. The van der Waals surface area contributed by atoms with Crippen molar-refractivity contribution < 1.29 is 22.7 Å². The summed E-state index contributed by atoms with van der Waals surface area (Å²) in [7, 11) is 0.0819. The lowest BCUT2D eigenvalue weighted by molar-refractivity contribution is 0.0985. The monoisotopic (exact) mass is 566 g/mol. The molecule has 3 aromatic carbocycles. The highest BCUT2D eigenvalue weighted by Gasteiger charge is 2.26. The fraction of sp³-hybridized carbons (Fsp3) is 0.286. The van der Waals surface area contributed by atoms with E-state index in [1.165, 1.54) is 27.8 Å². The van der Waals surface area contributed by atoms with Crippen LogP contribution in [0, 0.1) is 0 Å². The van der Waals surface area contributed by atoms with E-state index in [-0.39, 0.29) is 17.3 Å². The molecule has 5 rings (SSSR count). The van der Waals surface area contributed by atoms with Crippen molar-refractivity contribution in [2.24, 2.45) is 0 Å². The fourth-order valence-electron chi connectivity index (χ4n) is 4.29. The van der Waals surface area contributed by atoms with Gasteiger partial charge >= 0.3 is 0 Å². The highest BCUT2D eigenvalue weighted by atomic mass is 32.2. The minimum atomic E-state index is -3.80. The zero-order valence-corrected chi connectivity index (χ0v) is 23.7. The topological polar surface area (TPSA) is 92.3 Å². The van der Waals surface area contributed by atoms with Crippen molar-refractivity contribution in [2.45, 2.75) is 11.8 Å². The summed E-state index contributed by atoms with van der Waals surface area (Å²) in [4.78, 5) is 22.2. The molecule has 0 saturated carbocycles. The summed E-state index contributed by atoms with van der Waals surface area (Å²) < 4.78 is 40.4. The molecule has 0 N–H and O–H groups in total. The van der Waals surface area contributed by atoms with Crippen LogP contribution in [-0.4, -0.2) is 71.2 Å². The molecule has 9 nitrogen and oxygen atoms in total. The number of carbonyl (C=O) groups is 1. The molecule has 204 valence electrons. The Hall–Kier alpha value is -3.67. The molecule has 1 aromatic heterocycles. The van der Waals surface area contributed by atoms with Gasteiger partial charge in [-0.1, -0.05) is 29.5 Å². The second-order valence-electron chi connectivity index (χ2n) is 9.25. The Morgan fingerprint density at radius 2 is 1.62 bits per heavy atom. The van der Waals surface area contributed by atoms with Gasteiger partial charge in [0.05, 0.1) is 20.8 Å². The SMILES string of the molecule is CCN(c1ccccc1)S(=O)(=O)c1ccc(C(=O)N(CCN(C)C)c2nc3cc4c(cc3s2)OCCO4)cc1. The average Bonchev–Trinajstić information content (AvgIpc) is 3.34. The number of ether oxygens (including phenoxy) is 2. The molecule has 11 heteroatoms. The van der Waals surface area contributed by atoms with Crippen molar-refractivity contribution in [3.05, 3.63) is 72.3 Å². The van der Waals surface area contributed by atoms with Crippen LogP contribution >= 0.6 is 11.3 Å². The highest BCUT2D eigenvalue weighted by molar-refractivity contribution is 7.92. The number of sulfonamides is 1. The maximum Gasteiger partial charge on any atom is 0.264 e.